The summed E-state index contributed by atoms with van der Waals surface area (Å²) in [7, 11) is 1.56. The molecule has 0 unspecified atom stereocenters. The summed E-state index contributed by atoms with van der Waals surface area (Å²) in [5, 5.41) is 5.31. The van der Waals surface area contributed by atoms with Crippen LogP contribution in [0.3, 0.4) is 0 Å². The van der Waals surface area contributed by atoms with Crippen molar-refractivity contribution in [2.45, 2.75) is 31.7 Å². The van der Waals surface area contributed by atoms with Gasteiger partial charge in [0.15, 0.2) is 0 Å². The van der Waals surface area contributed by atoms with E-state index in [1.54, 1.807) is 18.0 Å². The normalized spacial score (nSPS) is 22.0. The maximum absolute atomic E-state index is 13.4. The molecule has 1 aromatic rings. The quantitative estimate of drug-likeness (QED) is 0.840. The van der Waals surface area contributed by atoms with Gasteiger partial charge in [-0.3, -0.25) is 9.59 Å². The van der Waals surface area contributed by atoms with Crippen LogP contribution in [0.15, 0.2) is 29.4 Å². The first kappa shape index (κ1) is 14.7. The Labute approximate surface area is 128 Å². The predicted octanol–water partition coefficient (Wildman–Crippen LogP) is 2.10. The van der Waals surface area contributed by atoms with Crippen LogP contribution in [0.1, 0.15) is 37.3 Å². The van der Waals surface area contributed by atoms with E-state index in [1.807, 2.05) is 6.07 Å². The van der Waals surface area contributed by atoms with Crippen LogP contribution in [-0.4, -0.2) is 41.0 Å². The van der Waals surface area contributed by atoms with Gasteiger partial charge in [-0.25, -0.2) is 9.40 Å². The predicted molar refractivity (Wildman–Crippen MR) is 79.5 cm³/mol. The Balaban J connectivity index is 1.83. The van der Waals surface area contributed by atoms with Crippen molar-refractivity contribution in [2.75, 3.05) is 13.6 Å². The molecular weight excluding hydrogens is 285 g/mol. The van der Waals surface area contributed by atoms with E-state index in [0.29, 0.717) is 25.1 Å². The van der Waals surface area contributed by atoms with E-state index in [4.69, 9.17) is 0 Å². The Hall–Kier alpha value is -2.24. The SMILES string of the molecule is CN1N=C(C(=O)N2CCC[C@@H]2c2cccc(F)c2)CCC1=O. The summed E-state index contributed by atoms with van der Waals surface area (Å²) in [4.78, 5) is 25.9. The molecule has 2 aliphatic rings. The smallest absolute Gasteiger partial charge is 0.270 e. The highest BCUT2D eigenvalue weighted by Crippen LogP contribution is 2.32. The molecule has 1 atom stereocenters. The summed E-state index contributed by atoms with van der Waals surface area (Å²) in [6, 6.07) is 6.27. The van der Waals surface area contributed by atoms with Crippen LogP contribution in [0.4, 0.5) is 4.39 Å². The largest absolute Gasteiger partial charge is 0.330 e. The highest BCUT2D eigenvalue weighted by Gasteiger charge is 2.34. The Kier molecular flexibility index (Phi) is 3.92. The maximum Gasteiger partial charge on any atom is 0.270 e. The number of hydrazone groups is 1. The van der Waals surface area contributed by atoms with Crippen molar-refractivity contribution in [1.82, 2.24) is 9.91 Å². The topological polar surface area (TPSA) is 53.0 Å². The van der Waals surface area contributed by atoms with Crippen molar-refractivity contribution in [3.05, 3.63) is 35.6 Å². The van der Waals surface area contributed by atoms with Crippen LogP contribution in [-0.2, 0) is 9.59 Å². The molecule has 0 radical (unpaired) electrons. The van der Waals surface area contributed by atoms with Gasteiger partial charge in [0.05, 0.1) is 6.04 Å². The third-order valence-corrected chi connectivity index (χ3v) is 4.20. The number of rotatable bonds is 2. The van der Waals surface area contributed by atoms with Gasteiger partial charge >= 0.3 is 0 Å². The highest BCUT2D eigenvalue weighted by molar-refractivity contribution is 6.39. The molecule has 1 aromatic carbocycles. The number of carbonyl (C=O) groups is 2. The van der Waals surface area contributed by atoms with E-state index < -0.39 is 0 Å². The fraction of sp³-hybridized carbons (Fsp3) is 0.438. The van der Waals surface area contributed by atoms with Crippen molar-refractivity contribution >= 4 is 17.5 Å². The zero-order chi connectivity index (χ0) is 15.7. The summed E-state index contributed by atoms with van der Waals surface area (Å²) in [6.07, 6.45) is 2.38. The zero-order valence-electron chi connectivity index (χ0n) is 12.5. The molecule has 2 amide bonds. The molecule has 0 saturated carbocycles. The fourth-order valence-corrected chi connectivity index (χ4v) is 3.06. The molecule has 2 heterocycles. The molecule has 2 aliphatic heterocycles. The van der Waals surface area contributed by atoms with Crippen LogP contribution in [0.5, 0.6) is 0 Å². The summed E-state index contributed by atoms with van der Waals surface area (Å²) < 4.78 is 13.4. The Bertz CT molecular complexity index is 644. The standard InChI is InChI=1S/C16H18FN3O2/c1-19-15(21)8-7-13(18-19)16(22)20-9-3-6-14(20)11-4-2-5-12(17)10-11/h2,4-5,10,14H,3,6-9H2,1H3/t14-/m1/s1. The van der Waals surface area contributed by atoms with Gasteiger partial charge in [-0.05, 0) is 30.5 Å². The molecule has 6 heteroatoms. The molecule has 1 saturated heterocycles. The molecule has 22 heavy (non-hydrogen) atoms. The van der Waals surface area contributed by atoms with Gasteiger partial charge in [0.1, 0.15) is 11.5 Å². The third kappa shape index (κ3) is 2.73. The summed E-state index contributed by atoms with van der Waals surface area (Å²) in [5.41, 5.74) is 1.22. The number of hydrogen-bond acceptors (Lipinski definition) is 3. The molecule has 0 aliphatic carbocycles. The fourth-order valence-electron chi connectivity index (χ4n) is 3.06. The van der Waals surface area contributed by atoms with Gasteiger partial charge in [0, 0.05) is 26.4 Å². The Morgan fingerprint density at radius 1 is 1.36 bits per heavy atom. The lowest BCUT2D eigenvalue weighted by Crippen LogP contribution is -2.40. The number of hydrogen-bond donors (Lipinski definition) is 0. The summed E-state index contributed by atoms with van der Waals surface area (Å²) in [5.74, 6) is -0.525. The zero-order valence-corrected chi connectivity index (χ0v) is 12.5. The van der Waals surface area contributed by atoms with Gasteiger partial charge in [-0.15, -0.1) is 0 Å². The number of likely N-dealkylation sites (tertiary alicyclic amines) is 1. The Morgan fingerprint density at radius 2 is 2.18 bits per heavy atom. The second kappa shape index (κ2) is 5.87. The van der Waals surface area contributed by atoms with Crippen molar-refractivity contribution in [3.63, 3.8) is 0 Å². The van der Waals surface area contributed by atoms with Crippen molar-refractivity contribution in [2.24, 2.45) is 5.10 Å². The molecule has 5 nitrogen and oxygen atoms in total. The molecule has 0 N–H and O–H groups in total. The first-order chi connectivity index (χ1) is 10.6. The molecule has 1 fully saturated rings. The van der Waals surface area contributed by atoms with Crippen LogP contribution in [0, 0.1) is 5.82 Å². The second-order valence-corrected chi connectivity index (χ2v) is 5.68. The minimum absolute atomic E-state index is 0.0837. The lowest BCUT2D eigenvalue weighted by Gasteiger charge is -2.27. The highest BCUT2D eigenvalue weighted by atomic mass is 19.1. The average Bonchev–Trinajstić information content (AvgIpc) is 2.99. The van der Waals surface area contributed by atoms with Gasteiger partial charge < -0.3 is 4.90 Å². The lowest BCUT2D eigenvalue weighted by molar-refractivity contribution is -0.130. The minimum Gasteiger partial charge on any atom is -0.330 e. The monoisotopic (exact) mass is 303 g/mol. The minimum atomic E-state index is -0.294. The first-order valence-electron chi connectivity index (χ1n) is 7.47. The van der Waals surface area contributed by atoms with E-state index in [-0.39, 0.29) is 23.7 Å². The van der Waals surface area contributed by atoms with E-state index in [0.717, 1.165) is 18.4 Å². The van der Waals surface area contributed by atoms with Crippen molar-refractivity contribution < 1.29 is 14.0 Å². The van der Waals surface area contributed by atoms with Gasteiger partial charge in [0.25, 0.3) is 5.91 Å². The molecule has 116 valence electrons. The number of carbonyl (C=O) groups excluding carboxylic acids is 2. The number of nitrogens with zero attached hydrogens (tertiary/aromatic N) is 3. The lowest BCUT2D eigenvalue weighted by atomic mass is 10.0. The van der Waals surface area contributed by atoms with Crippen molar-refractivity contribution in [1.29, 1.82) is 0 Å². The number of halogens is 1. The van der Waals surface area contributed by atoms with Crippen molar-refractivity contribution in [3.8, 4) is 0 Å². The average molecular weight is 303 g/mol. The Morgan fingerprint density at radius 3 is 2.91 bits per heavy atom. The van der Waals surface area contributed by atoms with Crippen LogP contribution in [0.25, 0.3) is 0 Å². The van der Waals surface area contributed by atoms with Crippen LogP contribution >= 0.6 is 0 Å². The second-order valence-electron chi connectivity index (χ2n) is 5.68. The summed E-state index contributed by atoms with van der Waals surface area (Å²) in [6.45, 7) is 0.636. The van der Waals surface area contributed by atoms with E-state index >= 15 is 0 Å². The molecule has 0 spiro atoms. The molecule has 3 rings (SSSR count). The first-order valence-corrected chi connectivity index (χ1v) is 7.47. The number of benzene rings is 1. The third-order valence-electron chi connectivity index (χ3n) is 4.20. The molecular formula is C16H18FN3O2. The van der Waals surface area contributed by atoms with E-state index in [2.05, 4.69) is 5.10 Å². The summed E-state index contributed by atoms with van der Waals surface area (Å²) >= 11 is 0. The van der Waals surface area contributed by atoms with E-state index in [1.165, 1.54) is 17.1 Å². The van der Waals surface area contributed by atoms with Gasteiger partial charge in [-0.1, -0.05) is 12.1 Å². The molecule has 0 bridgehead atoms. The van der Waals surface area contributed by atoms with E-state index in [9.17, 15) is 14.0 Å². The van der Waals surface area contributed by atoms with Crippen LogP contribution in [0.2, 0.25) is 0 Å². The number of amides is 2. The maximum atomic E-state index is 13.4. The van der Waals surface area contributed by atoms with Crippen LogP contribution < -0.4 is 0 Å². The van der Waals surface area contributed by atoms with Gasteiger partial charge in [0.2, 0.25) is 5.91 Å². The van der Waals surface area contributed by atoms with Gasteiger partial charge in [-0.2, -0.15) is 5.10 Å². The molecule has 0 aromatic heterocycles.